The van der Waals surface area contributed by atoms with Crippen LogP contribution in [-0.4, -0.2) is 6.21 Å². The molecule has 0 unspecified atom stereocenters. The lowest BCUT2D eigenvalue weighted by Crippen LogP contribution is -1.84. The highest BCUT2D eigenvalue weighted by atomic mass is 14.7. The molecule has 0 aliphatic rings. The van der Waals surface area contributed by atoms with Gasteiger partial charge >= 0.3 is 0 Å². The van der Waals surface area contributed by atoms with Gasteiger partial charge in [0.1, 0.15) is 0 Å². The number of hydrogen-bond donors (Lipinski definition) is 0. The molecule has 2 nitrogen and oxygen atoms in total. The van der Waals surface area contributed by atoms with Gasteiger partial charge in [-0.05, 0) is 36.2 Å². The van der Waals surface area contributed by atoms with Gasteiger partial charge in [0.15, 0.2) is 0 Å². The monoisotopic (exact) mass is 220 g/mol. The second-order valence-corrected chi connectivity index (χ2v) is 3.78. The van der Waals surface area contributed by atoms with Gasteiger partial charge in [-0.1, -0.05) is 30.3 Å². The molecule has 0 saturated carbocycles. The second-order valence-electron chi connectivity index (χ2n) is 3.78. The Morgan fingerprint density at radius 2 is 1.94 bits per heavy atom. The maximum atomic E-state index is 8.79. The van der Waals surface area contributed by atoms with Crippen LogP contribution in [0.5, 0.6) is 0 Å². The third kappa shape index (κ3) is 2.79. The van der Waals surface area contributed by atoms with E-state index >= 15 is 0 Å². The summed E-state index contributed by atoms with van der Waals surface area (Å²) in [7, 11) is 0. The molecule has 0 amide bonds. The summed E-state index contributed by atoms with van der Waals surface area (Å²) < 4.78 is 0. The Bertz CT molecular complexity index is 592. The lowest BCUT2D eigenvalue weighted by atomic mass is 10.1. The summed E-state index contributed by atoms with van der Waals surface area (Å²) >= 11 is 0. The maximum Gasteiger partial charge on any atom is 0.0992 e. The van der Waals surface area contributed by atoms with Crippen LogP contribution < -0.4 is 0 Å². The van der Waals surface area contributed by atoms with Crippen molar-refractivity contribution in [2.24, 2.45) is 4.99 Å². The van der Waals surface area contributed by atoms with Crippen molar-refractivity contribution in [3.63, 3.8) is 0 Å². The largest absolute Gasteiger partial charge is 0.256 e. The highest BCUT2D eigenvalue weighted by Gasteiger charge is 1.94. The molecule has 0 heterocycles. The minimum absolute atomic E-state index is 0.629. The minimum atomic E-state index is 0.629. The van der Waals surface area contributed by atoms with E-state index in [1.165, 1.54) is 5.56 Å². The molecule has 0 aliphatic heterocycles. The molecule has 0 fully saturated rings. The average molecular weight is 220 g/mol. The Labute approximate surface area is 101 Å². The fourth-order valence-electron chi connectivity index (χ4n) is 1.53. The van der Waals surface area contributed by atoms with Crippen LogP contribution in [0.2, 0.25) is 0 Å². The average Bonchev–Trinajstić information content (AvgIpc) is 2.38. The van der Waals surface area contributed by atoms with E-state index in [0.29, 0.717) is 5.56 Å². The van der Waals surface area contributed by atoms with Gasteiger partial charge in [-0.2, -0.15) is 5.26 Å². The zero-order valence-electron chi connectivity index (χ0n) is 9.59. The summed E-state index contributed by atoms with van der Waals surface area (Å²) in [6.45, 7) is 2.05. The fraction of sp³-hybridized carbons (Fsp3) is 0.0667. The Balaban J connectivity index is 2.27. The molecule has 2 aromatic rings. The molecular formula is C15H12N2. The van der Waals surface area contributed by atoms with Crippen molar-refractivity contribution in [3.05, 3.63) is 65.2 Å². The zero-order chi connectivity index (χ0) is 12.1. The minimum Gasteiger partial charge on any atom is -0.256 e. The van der Waals surface area contributed by atoms with E-state index in [0.717, 1.165) is 11.3 Å². The molecule has 0 radical (unpaired) electrons. The van der Waals surface area contributed by atoms with Crippen LogP contribution in [-0.2, 0) is 0 Å². The molecule has 2 heteroatoms. The molecule has 0 atom stereocenters. The first-order chi connectivity index (χ1) is 8.29. The van der Waals surface area contributed by atoms with Crippen LogP contribution in [0.15, 0.2) is 53.5 Å². The molecule has 0 bridgehead atoms. The van der Waals surface area contributed by atoms with Gasteiger partial charge in [0.2, 0.25) is 0 Å². The van der Waals surface area contributed by atoms with Gasteiger partial charge < -0.3 is 0 Å². The van der Waals surface area contributed by atoms with Crippen molar-refractivity contribution in [1.82, 2.24) is 0 Å². The summed E-state index contributed by atoms with van der Waals surface area (Å²) in [6.07, 6.45) is 1.83. The highest BCUT2D eigenvalue weighted by Crippen LogP contribution is 2.14. The van der Waals surface area contributed by atoms with Gasteiger partial charge in [0.25, 0.3) is 0 Å². The predicted octanol–water partition coefficient (Wildman–Crippen LogP) is 3.62. The topological polar surface area (TPSA) is 36.1 Å². The number of nitriles is 1. The van der Waals surface area contributed by atoms with Crippen molar-refractivity contribution >= 4 is 11.9 Å². The molecule has 0 aliphatic carbocycles. The number of hydrogen-bond acceptors (Lipinski definition) is 2. The van der Waals surface area contributed by atoms with Crippen molar-refractivity contribution < 1.29 is 0 Å². The Kier molecular flexibility index (Phi) is 3.32. The summed E-state index contributed by atoms with van der Waals surface area (Å²) in [5.41, 5.74) is 3.71. The fourth-order valence-corrected chi connectivity index (χ4v) is 1.53. The highest BCUT2D eigenvalue weighted by molar-refractivity contribution is 5.83. The van der Waals surface area contributed by atoms with Crippen LogP contribution in [0.1, 0.15) is 16.7 Å². The van der Waals surface area contributed by atoms with Gasteiger partial charge in [0.05, 0.1) is 17.3 Å². The Morgan fingerprint density at radius 1 is 1.12 bits per heavy atom. The summed E-state index contributed by atoms with van der Waals surface area (Å²) in [6, 6.07) is 17.4. The van der Waals surface area contributed by atoms with Gasteiger partial charge in [-0.3, -0.25) is 4.99 Å². The molecule has 0 saturated heterocycles. The van der Waals surface area contributed by atoms with E-state index in [-0.39, 0.29) is 0 Å². The number of aryl methyl sites for hydroxylation is 1. The molecule has 82 valence electrons. The van der Waals surface area contributed by atoms with Gasteiger partial charge in [0, 0.05) is 6.21 Å². The van der Waals surface area contributed by atoms with E-state index < -0.39 is 0 Å². The van der Waals surface area contributed by atoms with Crippen molar-refractivity contribution in [1.29, 1.82) is 5.26 Å². The third-order valence-electron chi connectivity index (χ3n) is 2.52. The third-order valence-corrected chi connectivity index (χ3v) is 2.52. The summed E-state index contributed by atoms with van der Waals surface area (Å²) in [5.74, 6) is 0. The molecular weight excluding hydrogens is 208 g/mol. The number of nitrogens with zero attached hydrogens (tertiary/aromatic N) is 2. The first kappa shape index (κ1) is 11.1. The Morgan fingerprint density at radius 3 is 2.71 bits per heavy atom. The smallest absolute Gasteiger partial charge is 0.0992 e. The van der Waals surface area contributed by atoms with Crippen LogP contribution in [0, 0.1) is 18.3 Å². The first-order valence-corrected chi connectivity index (χ1v) is 5.39. The van der Waals surface area contributed by atoms with Gasteiger partial charge in [-0.15, -0.1) is 0 Å². The quantitative estimate of drug-likeness (QED) is 0.712. The van der Waals surface area contributed by atoms with Crippen molar-refractivity contribution in [3.8, 4) is 6.07 Å². The molecule has 17 heavy (non-hydrogen) atoms. The Hall–Kier alpha value is -2.40. The summed E-state index contributed by atoms with van der Waals surface area (Å²) in [5, 5.41) is 8.79. The van der Waals surface area contributed by atoms with E-state index in [1.54, 1.807) is 12.1 Å². The normalized spacial score (nSPS) is 10.4. The maximum absolute atomic E-state index is 8.79. The number of rotatable bonds is 2. The van der Waals surface area contributed by atoms with Gasteiger partial charge in [-0.25, -0.2) is 0 Å². The molecule has 0 N–H and O–H groups in total. The van der Waals surface area contributed by atoms with Crippen LogP contribution in [0.3, 0.4) is 0 Å². The van der Waals surface area contributed by atoms with Crippen molar-refractivity contribution in [2.45, 2.75) is 6.92 Å². The van der Waals surface area contributed by atoms with E-state index in [1.807, 2.05) is 49.5 Å². The van der Waals surface area contributed by atoms with E-state index in [4.69, 9.17) is 5.26 Å². The molecule has 0 spiro atoms. The predicted molar refractivity (Wildman–Crippen MR) is 69.6 cm³/mol. The van der Waals surface area contributed by atoms with Crippen molar-refractivity contribution in [2.75, 3.05) is 0 Å². The number of aliphatic imine (C=N–C) groups is 1. The lowest BCUT2D eigenvalue weighted by Gasteiger charge is -1.98. The molecule has 2 aromatic carbocycles. The second kappa shape index (κ2) is 5.09. The lowest BCUT2D eigenvalue weighted by molar-refractivity contribution is 1.43. The van der Waals surface area contributed by atoms with Crippen LogP contribution >= 0.6 is 0 Å². The van der Waals surface area contributed by atoms with E-state index in [2.05, 4.69) is 11.1 Å². The number of benzene rings is 2. The van der Waals surface area contributed by atoms with Crippen LogP contribution in [0.25, 0.3) is 0 Å². The van der Waals surface area contributed by atoms with Crippen LogP contribution in [0.4, 0.5) is 5.69 Å². The summed E-state index contributed by atoms with van der Waals surface area (Å²) in [4.78, 5) is 4.37. The molecule has 2 rings (SSSR count). The zero-order valence-corrected chi connectivity index (χ0v) is 9.59. The van der Waals surface area contributed by atoms with E-state index in [9.17, 15) is 0 Å². The first-order valence-electron chi connectivity index (χ1n) is 5.39. The molecule has 0 aromatic heterocycles. The SMILES string of the molecule is Cc1ccccc1C=Nc1cccc(C#N)c1. The standard InChI is InChI=1S/C15H12N2/c1-12-5-2-3-7-14(12)11-17-15-8-4-6-13(9-15)10-16/h2-9,11H,1H3.